The van der Waals surface area contributed by atoms with Crippen LogP contribution in [0.15, 0.2) is 71.8 Å². The SMILES string of the molecule is O=C(Nc1ccc2n(c1=O)C[C@@H]1C[C@@H]2CN(C(=O)c2cccnc2)C1)c1ccccc1. The largest absolute Gasteiger partial charge is 0.338 e. The van der Waals surface area contributed by atoms with Crippen molar-refractivity contribution in [1.82, 2.24) is 14.5 Å². The van der Waals surface area contributed by atoms with Crippen LogP contribution in [0.1, 0.15) is 38.7 Å². The monoisotopic (exact) mass is 414 g/mol. The highest BCUT2D eigenvalue weighted by Crippen LogP contribution is 2.36. The van der Waals surface area contributed by atoms with E-state index in [1.807, 2.05) is 17.0 Å². The quantitative estimate of drug-likeness (QED) is 0.714. The number of rotatable bonds is 3. The number of benzene rings is 1. The number of nitrogens with one attached hydrogen (secondary N) is 1. The van der Waals surface area contributed by atoms with Crippen LogP contribution in [-0.2, 0) is 6.54 Å². The van der Waals surface area contributed by atoms with Crippen LogP contribution < -0.4 is 10.9 Å². The summed E-state index contributed by atoms with van der Waals surface area (Å²) in [4.78, 5) is 44.4. The molecule has 2 aromatic heterocycles. The maximum absolute atomic E-state index is 13.1. The number of likely N-dealkylation sites (tertiary alicyclic amines) is 1. The molecule has 2 bridgehead atoms. The Morgan fingerprint density at radius 3 is 2.52 bits per heavy atom. The molecule has 7 nitrogen and oxygen atoms in total. The molecule has 1 aromatic carbocycles. The summed E-state index contributed by atoms with van der Waals surface area (Å²) in [5.41, 5.74) is 2.09. The number of nitrogens with zero attached hydrogens (tertiary/aromatic N) is 3. The lowest BCUT2D eigenvalue weighted by Crippen LogP contribution is -2.49. The number of piperidine rings is 1. The highest BCUT2D eigenvalue weighted by atomic mass is 16.2. The van der Waals surface area contributed by atoms with Gasteiger partial charge in [0.05, 0.1) is 5.56 Å². The van der Waals surface area contributed by atoms with E-state index in [-0.39, 0.29) is 34.9 Å². The summed E-state index contributed by atoms with van der Waals surface area (Å²) >= 11 is 0. The van der Waals surface area contributed by atoms with Gasteiger partial charge in [0.1, 0.15) is 5.69 Å². The molecular weight excluding hydrogens is 392 g/mol. The zero-order chi connectivity index (χ0) is 21.4. The van der Waals surface area contributed by atoms with Crippen molar-refractivity contribution < 1.29 is 9.59 Å². The van der Waals surface area contributed by atoms with Gasteiger partial charge in [0.25, 0.3) is 17.4 Å². The summed E-state index contributed by atoms with van der Waals surface area (Å²) in [6.07, 6.45) is 4.19. The van der Waals surface area contributed by atoms with Gasteiger partial charge < -0.3 is 14.8 Å². The van der Waals surface area contributed by atoms with Gasteiger partial charge in [-0.15, -0.1) is 0 Å². The smallest absolute Gasteiger partial charge is 0.274 e. The standard InChI is InChI=1S/C24H22N4O3/c29-22(17-5-2-1-3-6-17)26-20-8-9-21-19-11-16(14-28(21)24(20)31)13-27(15-19)23(30)18-7-4-10-25-12-18/h1-10,12,16,19H,11,13-15H2,(H,26,29)/t16-,19-/m1/s1. The lowest BCUT2D eigenvalue weighted by atomic mass is 9.83. The molecule has 0 radical (unpaired) electrons. The van der Waals surface area contributed by atoms with Gasteiger partial charge in [0.2, 0.25) is 0 Å². The van der Waals surface area contributed by atoms with Gasteiger partial charge in [-0.3, -0.25) is 19.4 Å². The molecule has 0 aliphatic carbocycles. The van der Waals surface area contributed by atoms with Crippen LogP contribution in [0.5, 0.6) is 0 Å². The lowest BCUT2D eigenvalue weighted by molar-refractivity contribution is 0.0594. The molecule has 2 aliphatic rings. The van der Waals surface area contributed by atoms with Crippen molar-refractivity contribution in [3.8, 4) is 0 Å². The summed E-state index contributed by atoms with van der Waals surface area (Å²) < 4.78 is 1.77. The van der Waals surface area contributed by atoms with Crippen molar-refractivity contribution in [1.29, 1.82) is 0 Å². The predicted molar refractivity (Wildman–Crippen MR) is 116 cm³/mol. The topological polar surface area (TPSA) is 84.3 Å². The fourth-order valence-corrected chi connectivity index (χ4v) is 4.66. The number of pyridine rings is 2. The molecule has 1 fully saturated rings. The molecule has 2 amide bonds. The van der Waals surface area contributed by atoms with Crippen LogP contribution >= 0.6 is 0 Å². The van der Waals surface area contributed by atoms with Gasteiger partial charge >= 0.3 is 0 Å². The van der Waals surface area contributed by atoms with E-state index in [0.717, 1.165) is 12.1 Å². The van der Waals surface area contributed by atoms with Gasteiger partial charge in [-0.2, -0.15) is 0 Å². The number of hydrogen-bond acceptors (Lipinski definition) is 4. The van der Waals surface area contributed by atoms with Crippen LogP contribution in [-0.4, -0.2) is 39.4 Å². The fraction of sp³-hybridized carbons (Fsp3) is 0.250. The van der Waals surface area contributed by atoms with Crippen LogP contribution in [0, 0.1) is 5.92 Å². The van der Waals surface area contributed by atoms with Crippen molar-refractivity contribution in [2.75, 3.05) is 18.4 Å². The van der Waals surface area contributed by atoms with E-state index < -0.39 is 0 Å². The summed E-state index contributed by atoms with van der Waals surface area (Å²) in [6.45, 7) is 1.71. The third kappa shape index (κ3) is 3.63. The number of hydrogen-bond donors (Lipinski definition) is 1. The second-order valence-corrected chi connectivity index (χ2v) is 8.16. The summed E-state index contributed by atoms with van der Waals surface area (Å²) in [6, 6.07) is 16.0. The summed E-state index contributed by atoms with van der Waals surface area (Å²) in [5.74, 6) is -0.0304. The number of aromatic nitrogens is 2. The van der Waals surface area contributed by atoms with Crippen molar-refractivity contribution in [2.45, 2.75) is 18.9 Å². The molecule has 0 unspecified atom stereocenters. The molecule has 0 saturated carbocycles. The zero-order valence-corrected chi connectivity index (χ0v) is 16.9. The van der Waals surface area contributed by atoms with Crippen LogP contribution in [0.25, 0.3) is 0 Å². The van der Waals surface area contributed by atoms with Crippen molar-refractivity contribution in [2.24, 2.45) is 5.92 Å². The minimum Gasteiger partial charge on any atom is -0.338 e. The van der Waals surface area contributed by atoms with Crippen LogP contribution in [0.3, 0.4) is 0 Å². The number of fused-ring (bicyclic) bond motifs is 4. The first-order chi connectivity index (χ1) is 15.1. The molecule has 2 atom stereocenters. The second kappa shape index (κ2) is 7.83. The third-order valence-electron chi connectivity index (χ3n) is 6.08. The van der Waals surface area contributed by atoms with E-state index in [1.165, 1.54) is 0 Å². The maximum atomic E-state index is 13.1. The molecule has 4 heterocycles. The Balaban J connectivity index is 1.39. The second-order valence-electron chi connectivity index (χ2n) is 8.16. The van der Waals surface area contributed by atoms with Gasteiger partial charge in [-0.25, -0.2) is 0 Å². The van der Waals surface area contributed by atoms with Crippen molar-refractivity contribution >= 4 is 17.5 Å². The minimum atomic E-state index is -0.303. The van der Waals surface area contributed by atoms with Gasteiger partial charge in [-0.1, -0.05) is 18.2 Å². The molecule has 0 spiro atoms. The molecule has 2 aliphatic heterocycles. The van der Waals surface area contributed by atoms with Crippen molar-refractivity contribution in [3.05, 3.63) is 94.2 Å². The minimum absolute atomic E-state index is 0.0228. The average molecular weight is 414 g/mol. The van der Waals surface area contributed by atoms with Crippen molar-refractivity contribution in [3.63, 3.8) is 0 Å². The molecule has 3 aromatic rings. The van der Waals surface area contributed by atoms with Gasteiger partial charge in [-0.05, 0) is 48.7 Å². The van der Waals surface area contributed by atoms with E-state index in [4.69, 9.17) is 0 Å². The normalized spacial score (nSPS) is 19.4. The zero-order valence-electron chi connectivity index (χ0n) is 16.9. The first-order valence-corrected chi connectivity index (χ1v) is 10.4. The van der Waals surface area contributed by atoms with E-state index in [0.29, 0.717) is 30.8 Å². The van der Waals surface area contributed by atoms with Gasteiger partial charge in [0, 0.05) is 49.2 Å². The first-order valence-electron chi connectivity index (χ1n) is 10.4. The summed E-state index contributed by atoms with van der Waals surface area (Å²) in [5, 5.41) is 2.75. The Bertz CT molecular complexity index is 1190. The molecule has 7 heteroatoms. The number of carbonyl (C=O) groups excluding carboxylic acids is 2. The molecule has 31 heavy (non-hydrogen) atoms. The van der Waals surface area contributed by atoms with E-state index in [9.17, 15) is 14.4 Å². The highest BCUT2D eigenvalue weighted by molar-refractivity contribution is 6.04. The molecule has 156 valence electrons. The van der Waals surface area contributed by atoms with Gasteiger partial charge in [0.15, 0.2) is 0 Å². The fourth-order valence-electron chi connectivity index (χ4n) is 4.66. The number of carbonyl (C=O) groups is 2. The Labute approximate surface area is 179 Å². The highest BCUT2D eigenvalue weighted by Gasteiger charge is 2.37. The Morgan fingerprint density at radius 2 is 1.74 bits per heavy atom. The third-order valence-corrected chi connectivity index (χ3v) is 6.08. The maximum Gasteiger partial charge on any atom is 0.274 e. The molecule has 5 rings (SSSR count). The van der Waals surface area contributed by atoms with Crippen LogP contribution in [0.4, 0.5) is 5.69 Å². The molecular formula is C24H22N4O3. The lowest BCUT2D eigenvalue weighted by Gasteiger charge is -2.42. The number of anilines is 1. The Morgan fingerprint density at radius 1 is 0.935 bits per heavy atom. The van der Waals surface area contributed by atoms with E-state index in [2.05, 4.69) is 10.3 Å². The Hall–Kier alpha value is -3.74. The van der Waals surface area contributed by atoms with E-state index >= 15 is 0 Å². The summed E-state index contributed by atoms with van der Waals surface area (Å²) in [7, 11) is 0. The van der Waals surface area contributed by atoms with Crippen LogP contribution in [0.2, 0.25) is 0 Å². The molecule has 1 N–H and O–H groups in total. The van der Waals surface area contributed by atoms with E-state index in [1.54, 1.807) is 59.4 Å². The first kappa shape index (κ1) is 19.2. The Kier molecular flexibility index (Phi) is 4.86. The molecule has 1 saturated heterocycles. The average Bonchev–Trinajstić information content (AvgIpc) is 2.81. The predicted octanol–water partition coefficient (Wildman–Crippen LogP) is 2.76. The number of amides is 2.